The number of rotatable bonds is 13. The maximum Gasteiger partial charge on any atom is 0.355 e. The molecule has 0 aliphatic carbocycles. The molecule has 2 aliphatic rings. The van der Waals surface area contributed by atoms with E-state index in [4.69, 9.17) is 26.1 Å². The van der Waals surface area contributed by atoms with Crippen molar-refractivity contribution in [3.05, 3.63) is 160 Å². The molecule has 4 aromatic carbocycles. The SMILES string of the molecule is COc1ccc(COC(=O)C2=C(CCl)CS[C@@H]3[C@H](NC(=O)/C(=N\O)c4csc(NC(c5ccccc5)(c5ccccc5)c5ccccc5)n4)C(=O)N23)cc1. The molecule has 11 nitrogen and oxygen atoms in total. The number of hydrogen-bond donors (Lipinski definition) is 3. The molecular weight excluding hydrogens is 746 g/mol. The summed E-state index contributed by atoms with van der Waals surface area (Å²) in [7, 11) is 1.56. The van der Waals surface area contributed by atoms with E-state index in [0.29, 0.717) is 22.2 Å². The van der Waals surface area contributed by atoms with Crippen molar-refractivity contribution < 1.29 is 29.1 Å². The second-order valence-electron chi connectivity index (χ2n) is 12.3. The number of benzene rings is 4. The number of oxime groups is 1. The predicted octanol–water partition coefficient (Wildman–Crippen LogP) is 6.37. The van der Waals surface area contributed by atoms with E-state index in [-0.39, 0.29) is 29.6 Å². The van der Waals surface area contributed by atoms with Gasteiger partial charge in [0, 0.05) is 17.0 Å². The number of anilines is 1. The van der Waals surface area contributed by atoms with Crippen LogP contribution in [-0.2, 0) is 31.3 Å². The molecule has 274 valence electrons. The average Bonchev–Trinajstić information content (AvgIpc) is 3.69. The first-order chi connectivity index (χ1) is 26.4. The van der Waals surface area contributed by atoms with E-state index >= 15 is 0 Å². The molecule has 2 aliphatic heterocycles. The predicted molar refractivity (Wildman–Crippen MR) is 209 cm³/mol. The van der Waals surface area contributed by atoms with E-state index in [1.165, 1.54) is 28.0 Å². The Morgan fingerprint density at radius 1 is 0.944 bits per heavy atom. The minimum Gasteiger partial charge on any atom is -0.497 e. The number of aromatic nitrogens is 1. The zero-order chi connectivity index (χ0) is 37.7. The van der Waals surface area contributed by atoms with Crippen molar-refractivity contribution in [2.24, 2.45) is 5.16 Å². The number of alkyl halides is 1. The number of fused-ring (bicyclic) bond motifs is 1. The zero-order valence-electron chi connectivity index (χ0n) is 28.8. The second kappa shape index (κ2) is 16.2. The van der Waals surface area contributed by atoms with E-state index in [9.17, 15) is 19.6 Å². The number of nitrogens with one attached hydrogen (secondary N) is 2. The average molecular weight is 780 g/mol. The number of thiazole rings is 1. The molecular formula is C40H34ClN5O6S2. The van der Waals surface area contributed by atoms with Gasteiger partial charge < -0.3 is 25.3 Å². The Morgan fingerprint density at radius 2 is 1.54 bits per heavy atom. The maximum atomic E-state index is 13.6. The number of carbonyl (C=O) groups is 3. The first-order valence-corrected chi connectivity index (χ1v) is 19.3. The molecule has 0 unspecified atom stereocenters. The Balaban J connectivity index is 1.09. The summed E-state index contributed by atoms with van der Waals surface area (Å²) in [5, 5.41) is 21.2. The van der Waals surface area contributed by atoms with Crippen LogP contribution in [0.5, 0.6) is 5.75 Å². The van der Waals surface area contributed by atoms with Crippen molar-refractivity contribution in [3.63, 3.8) is 0 Å². The Kier molecular flexibility index (Phi) is 11.0. The summed E-state index contributed by atoms with van der Waals surface area (Å²) >= 11 is 8.79. The molecule has 0 radical (unpaired) electrons. The fraction of sp³-hybridized carbons (Fsp3) is 0.175. The van der Waals surface area contributed by atoms with Gasteiger partial charge in [0.15, 0.2) is 10.8 Å². The largest absolute Gasteiger partial charge is 0.497 e. The fourth-order valence-corrected chi connectivity index (χ4v) is 8.95. The number of amides is 2. The van der Waals surface area contributed by atoms with Crippen LogP contribution in [0, 0.1) is 0 Å². The van der Waals surface area contributed by atoms with Crippen LogP contribution < -0.4 is 15.4 Å². The highest BCUT2D eigenvalue weighted by Gasteiger charge is 2.54. The molecule has 3 heterocycles. The van der Waals surface area contributed by atoms with Gasteiger partial charge in [0.05, 0.1) is 7.11 Å². The van der Waals surface area contributed by atoms with E-state index in [1.807, 2.05) is 91.0 Å². The number of halogens is 1. The van der Waals surface area contributed by atoms with Crippen LogP contribution in [0.15, 0.2) is 137 Å². The summed E-state index contributed by atoms with van der Waals surface area (Å²) in [6.45, 7) is -0.0220. The Morgan fingerprint density at radius 3 is 2.07 bits per heavy atom. The molecule has 5 aromatic rings. The second-order valence-corrected chi connectivity index (χ2v) is 14.6. The van der Waals surface area contributed by atoms with Gasteiger partial charge in [-0.15, -0.1) is 34.7 Å². The highest BCUT2D eigenvalue weighted by molar-refractivity contribution is 8.00. The van der Waals surface area contributed by atoms with Crippen LogP contribution >= 0.6 is 34.7 Å². The molecule has 14 heteroatoms. The zero-order valence-corrected chi connectivity index (χ0v) is 31.2. The summed E-state index contributed by atoms with van der Waals surface area (Å²) in [4.78, 5) is 46.5. The first kappa shape index (κ1) is 36.7. The van der Waals surface area contributed by atoms with Gasteiger partial charge in [-0.2, -0.15) is 0 Å². The number of carbonyl (C=O) groups excluding carboxylic acids is 3. The van der Waals surface area contributed by atoms with Gasteiger partial charge in [-0.05, 0) is 40.0 Å². The third-order valence-electron chi connectivity index (χ3n) is 9.19. The minimum absolute atomic E-state index is 0.0220. The van der Waals surface area contributed by atoms with Crippen LogP contribution in [-0.4, -0.2) is 68.7 Å². The monoisotopic (exact) mass is 779 g/mol. The van der Waals surface area contributed by atoms with Crippen molar-refractivity contribution in [2.75, 3.05) is 24.1 Å². The molecule has 1 aromatic heterocycles. The molecule has 3 N–H and O–H groups in total. The van der Waals surface area contributed by atoms with Crippen molar-refractivity contribution in [1.29, 1.82) is 0 Å². The minimum atomic E-state index is -1.00. The topological polar surface area (TPSA) is 142 Å². The van der Waals surface area contributed by atoms with Gasteiger partial charge in [0.2, 0.25) is 0 Å². The Labute approximate surface area is 324 Å². The quantitative estimate of drug-likeness (QED) is 0.0237. The molecule has 1 fully saturated rings. The molecule has 54 heavy (non-hydrogen) atoms. The molecule has 0 bridgehead atoms. The van der Waals surface area contributed by atoms with Crippen molar-refractivity contribution in [2.45, 2.75) is 23.6 Å². The number of hydrogen-bond acceptors (Lipinski definition) is 11. The molecule has 7 rings (SSSR count). The first-order valence-electron chi connectivity index (χ1n) is 16.8. The lowest BCUT2D eigenvalue weighted by Crippen LogP contribution is -2.71. The number of nitrogens with zero attached hydrogens (tertiary/aromatic N) is 3. The van der Waals surface area contributed by atoms with E-state index in [2.05, 4.69) is 15.8 Å². The molecule has 0 saturated carbocycles. The lowest BCUT2D eigenvalue weighted by atomic mass is 9.77. The van der Waals surface area contributed by atoms with Gasteiger partial charge in [0.1, 0.15) is 40.7 Å². The molecule has 1 saturated heterocycles. The number of esters is 1. The lowest BCUT2D eigenvalue weighted by Gasteiger charge is -2.49. The fourth-order valence-electron chi connectivity index (χ4n) is 6.52. The van der Waals surface area contributed by atoms with Crippen LogP contribution in [0.1, 0.15) is 27.9 Å². The normalized spacial score (nSPS) is 17.0. The van der Waals surface area contributed by atoms with E-state index in [1.54, 1.807) is 36.8 Å². The summed E-state index contributed by atoms with van der Waals surface area (Å²) in [5.41, 5.74) is 3.10. The van der Waals surface area contributed by atoms with Gasteiger partial charge in [0.25, 0.3) is 11.8 Å². The van der Waals surface area contributed by atoms with E-state index in [0.717, 1.165) is 22.3 Å². The van der Waals surface area contributed by atoms with Crippen LogP contribution in [0.25, 0.3) is 0 Å². The molecule has 2 amide bonds. The Bertz CT molecular complexity index is 2100. The number of ether oxygens (including phenoxy) is 2. The molecule has 2 atom stereocenters. The lowest BCUT2D eigenvalue weighted by molar-refractivity contribution is -0.153. The van der Waals surface area contributed by atoms with Gasteiger partial charge >= 0.3 is 5.97 Å². The summed E-state index contributed by atoms with van der Waals surface area (Å²) in [6.07, 6.45) is 0. The van der Waals surface area contributed by atoms with Crippen LogP contribution in [0.2, 0.25) is 0 Å². The van der Waals surface area contributed by atoms with Crippen LogP contribution in [0.3, 0.4) is 0 Å². The third kappa shape index (κ3) is 7.05. The smallest absolute Gasteiger partial charge is 0.355 e. The number of β-lactam (4-membered cyclic amide) rings is 1. The number of thioether (sulfide) groups is 1. The molecule has 0 spiro atoms. The standard InChI is InChI=1S/C40H34ClN5O6S2/c1-51-30-19-17-25(18-20-30)22-52-38(49)34-26(21-41)23-53-37-33(36(48)46(34)37)43-35(47)32(45-50)31-24-54-39(42-31)44-40(27-11-5-2-6-12-27,28-13-7-3-8-14-28)29-15-9-4-10-16-29/h2-20,24,33,37,50H,21-23H2,1H3,(H,42,44)(H,43,47)/b45-32-/t33-,37-/m1/s1. The summed E-state index contributed by atoms with van der Waals surface area (Å²) in [5.74, 6) is -0.968. The van der Waals surface area contributed by atoms with Gasteiger partial charge in [-0.25, -0.2) is 9.78 Å². The maximum absolute atomic E-state index is 13.6. The number of methoxy groups -OCH3 is 1. The van der Waals surface area contributed by atoms with E-state index < -0.39 is 34.7 Å². The van der Waals surface area contributed by atoms with Crippen molar-refractivity contribution in [1.82, 2.24) is 15.2 Å². The summed E-state index contributed by atoms with van der Waals surface area (Å²) < 4.78 is 10.8. The summed E-state index contributed by atoms with van der Waals surface area (Å²) in [6, 6.07) is 36.0. The van der Waals surface area contributed by atoms with Crippen molar-refractivity contribution >= 4 is 63.3 Å². The highest BCUT2D eigenvalue weighted by Crippen LogP contribution is 2.42. The van der Waals surface area contributed by atoms with Crippen LogP contribution in [0.4, 0.5) is 5.13 Å². The highest BCUT2D eigenvalue weighted by atomic mass is 35.5. The Hall–Kier alpha value is -5.63. The third-order valence-corrected chi connectivity index (χ3v) is 11.6. The van der Waals surface area contributed by atoms with Gasteiger partial charge in [-0.3, -0.25) is 14.5 Å². The van der Waals surface area contributed by atoms with Crippen molar-refractivity contribution in [3.8, 4) is 5.75 Å². The van der Waals surface area contributed by atoms with Gasteiger partial charge in [-0.1, -0.05) is 108 Å².